The van der Waals surface area contributed by atoms with Crippen molar-refractivity contribution >= 4 is 33.0 Å². The van der Waals surface area contributed by atoms with Crippen molar-refractivity contribution in [3.63, 3.8) is 0 Å². The predicted octanol–water partition coefficient (Wildman–Crippen LogP) is 5.12. The summed E-state index contributed by atoms with van der Waals surface area (Å²) < 4.78 is 8.38. The van der Waals surface area contributed by atoms with E-state index in [2.05, 4.69) is 54.8 Å². The largest absolute Gasteiger partial charge is 0.439 e. The van der Waals surface area contributed by atoms with Gasteiger partial charge in [0.1, 0.15) is 5.58 Å². The Balaban J connectivity index is 2.34. The minimum Gasteiger partial charge on any atom is -0.439 e. The van der Waals surface area contributed by atoms with Crippen LogP contribution in [0.1, 0.15) is 19.9 Å². The van der Waals surface area contributed by atoms with Crippen molar-refractivity contribution in [2.24, 2.45) is 0 Å². The molecule has 4 aromatic rings. The van der Waals surface area contributed by atoms with Crippen molar-refractivity contribution in [1.29, 1.82) is 0 Å². The summed E-state index contributed by atoms with van der Waals surface area (Å²) in [6.07, 6.45) is 0. The monoisotopic (exact) mass is 249 g/mol. The molecule has 4 rings (SSSR count). The van der Waals surface area contributed by atoms with Gasteiger partial charge in [0.05, 0.1) is 10.9 Å². The zero-order chi connectivity index (χ0) is 13.0. The van der Waals surface area contributed by atoms with Crippen molar-refractivity contribution in [1.82, 2.24) is 4.57 Å². The van der Waals surface area contributed by atoms with E-state index >= 15 is 0 Å². The zero-order valence-electron chi connectivity index (χ0n) is 11.1. The normalized spacial score (nSPS) is 12.2. The van der Waals surface area contributed by atoms with Crippen LogP contribution in [0.4, 0.5) is 0 Å². The third kappa shape index (κ3) is 1.31. The molecule has 94 valence electrons. The smallest absolute Gasteiger partial charge is 0.209 e. The number of para-hydroxylation sites is 2. The molecule has 0 bridgehead atoms. The van der Waals surface area contributed by atoms with Crippen LogP contribution in [0.15, 0.2) is 52.9 Å². The van der Waals surface area contributed by atoms with Crippen LogP contribution in [0.3, 0.4) is 0 Å². The summed E-state index contributed by atoms with van der Waals surface area (Å²) in [4.78, 5) is 0. The second-order valence-electron chi connectivity index (χ2n) is 5.26. The van der Waals surface area contributed by atoms with Gasteiger partial charge in [0.15, 0.2) is 0 Å². The topological polar surface area (TPSA) is 18.1 Å². The van der Waals surface area contributed by atoms with Gasteiger partial charge in [-0.1, -0.05) is 36.4 Å². The Morgan fingerprint density at radius 3 is 2.37 bits per heavy atom. The summed E-state index contributed by atoms with van der Waals surface area (Å²) in [6.45, 7) is 4.39. The third-order valence-corrected chi connectivity index (χ3v) is 3.75. The molecule has 2 heteroatoms. The van der Waals surface area contributed by atoms with E-state index in [9.17, 15) is 0 Å². The van der Waals surface area contributed by atoms with Gasteiger partial charge in [-0.25, -0.2) is 0 Å². The van der Waals surface area contributed by atoms with Gasteiger partial charge in [-0.15, -0.1) is 0 Å². The molecule has 0 atom stereocenters. The number of hydrogen-bond donors (Lipinski definition) is 0. The Morgan fingerprint density at radius 2 is 1.58 bits per heavy atom. The summed E-state index contributed by atoms with van der Waals surface area (Å²) in [5, 5.41) is 3.71. The first kappa shape index (κ1) is 10.7. The lowest BCUT2D eigenvalue weighted by Gasteiger charge is -2.09. The highest BCUT2D eigenvalue weighted by Crippen LogP contribution is 2.38. The van der Waals surface area contributed by atoms with Crippen LogP contribution in [0.2, 0.25) is 0 Å². The molecule has 2 heterocycles. The van der Waals surface area contributed by atoms with Gasteiger partial charge in [-0.05, 0) is 26.0 Å². The highest BCUT2D eigenvalue weighted by Gasteiger charge is 2.18. The Bertz CT molecular complexity index is 895. The molecule has 0 saturated heterocycles. The van der Waals surface area contributed by atoms with Gasteiger partial charge in [0, 0.05) is 16.8 Å². The standard InChI is InChI=1S/C17H15NO/c1-11(2)18-14-9-5-3-7-12(14)16-13-8-4-6-10-15(13)19-17(16)18/h3-11H,1-2H3. The van der Waals surface area contributed by atoms with Gasteiger partial charge < -0.3 is 8.98 Å². The first-order chi connectivity index (χ1) is 9.27. The number of nitrogens with zero attached hydrogens (tertiary/aromatic N) is 1. The van der Waals surface area contributed by atoms with E-state index < -0.39 is 0 Å². The van der Waals surface area contributed by atoms with Crippen molar-refractivity contribution in [3.05, 3.63) is 48.5 Å². The first-order valence-corrected chi connectivity index (χ1v) is 6.67. The lowest BCUT2D eigenvalue weighted by Crippen LogP contribution is -1.98. The van der Waals surface area contributed by atoms with Crippen molar-refractivity contribution < 1.29 is 4.42 Å². The van der Waals surface area contributed by atoms with E-state index in [0.717, 1.165) is 11.3 Å². The molecular formula is C17H15NO. The first-order valence-electron chi connectivity index (χ1n) is 6.67. The van der Waals surface area contributed by atoms with Gasteiger partial charge >= 0.3 is 0 Å². The molecule has 0 aliphatic rings. The Morgan fingerprint density at radius 1 is 0.895 bits per heavy atom. The van der Waals surface area contributed by atoms with Gasteiger partial charge in [-0.3, -0.25) is 0 Å². The summed E-state index contributed by atoms with van der Waals surface area (Å²) in [5.41, 5.74) is 3.20. The minimum absolute atomic E-state index is 0.378. The van der Waals surface area contributed by atoms with Crippen molar-refractivity contribution in [2.75, 3.05) is 0 Å². The molecule has 2 aromatic heterocycles. The second kappa shape index (κ2) is 3.64. The predicted molar refractivity (Wildman–Crippen MR) is 79.6 cm³/mol. The van der Waals surface area contributed by atoms with E-state index in [1.54, 1.807) is 0 Å². The molecule has 0 radical (unpaired) electrons. The average molecular weight is 249 g/mol. The average Bonchev–Trinajstić information content (AvgIpc) is 2.91. The van der Waals surface area contributed by atoms with Crippen LogP contribution in [0.25, 0.3) is 33.0 Å². The number of furan rings is 1. The van der Waals surface area contributed by atoms with Crippen molar-refractivity contribution in [2.45, 2.75) is 19.9 Å². The molecule has 19 heavy (non-hydrogen) atoms. The van der Waals surface area contributed by atoms with Gasteiger partial charge in [-0.2, -0.15) is 0 Å². The summed E-state index contributed by atoms with van der Waals surface area (Å²) in [7, 11) is 0. The van der Waals surface area contributed by atoms with E-state index in [4.69, 9.17) is 4.42 Å². The number of rotatable bonds is 1. The quantitative estimate of drug-likeness (QED) is 0.458. The van der Waals surface area contributed by atoms with Crippen LogP contribution >= 0.6 is 0 Å². The molecule has 2 aromatic carbocycles. The maximum Gasteiger partial charge on any atom is 0.209 e. The maximum absolute atomic E-state index is 6.09. The number of aromatic nitrogens is 1. The Labute approximate surface area is 111 Å². The van der Waals surface area contributed by atoms with Crippen molar-refractivity contribution in [3.8, 4) is 0 Å². The maximum atomic E-state index is 6.09. The van der Waals surface area contributed by atoms with Crippen LogP contribution in [-0.4, -0.2) is 4.57 Å². The van der Waals surface area contributed by atoms with E-state index in [0.29, 0.717) is 6.04 Å². The lowest BCUT2D eigenvalue weighted by atomic mass is 10.1. The second-order valence-corrected chi connectivity index (χ2v) is 5.26. The molecule has 0 spiro atoms. The summed E-state index contributed by atoms with van der Waals surface area (Å²) in [6, 6.07) is 17.2. The van der Waals surface area contributed by atoms with E-state index in [1.165, 1.54) is 21.7 Å². The van der Waals surface area contributed by atoms with Crippen LogP contribution < -0.4 is 0 Å². The molecular weight excluding hydrogens is 234 g/mol. The lowest BCUT2D eigenvalue weighted by molar-refractivity contribution is 0.564. The fourth-order valence-corrected chi connectivity index (χ4v) is 2.98. The fraction of sp³-hybridized carbons (Fsp3) is 0.176. The SMILES string of the molecule is CC(C)n1c2ccccc2c2c3ccccc3oc21. The molecule has 0 aliphatic heterocycles. The number of fused-ring (bicyclic) bond motifs is 5. The molecule has 0 unspecified atom stereocenters. The zero-order valence-corrected chi connectivity index (χ0v) is 11.1. The third-order valence-electron chi connectivity index (χ3n) is 3.75. The van der Waals surface area contributed by atoms with Gasteiger partial charge in [0.2, 0.25) is 5.71 Å². The van der Waals surface area contributed by atoms with Gasteiger partial charge in [0.25, 0.3) is 0 Å². The summed E-state index contributed by atoms with van der Waals surface area (Å²) >= 11 is 0. The molecule has 0 fully saturated rings. The molecule has 0 saturated carbocycles. The minimum atomic E-state index is 0.378. The van der Waals surface area contributed by atoms with E-state index in [-0.39, 0.29) is 0 Å². The van der Waals surface area contributed by atoms with Crippen LogP contribution in [0.5, 0.6) is 0 Å². The highest BCUT2D eigenvalue weighted by molar-refractivity contribution is 6.19. The molecule has 0 N–H and O–H groups in total. The number of hydrogen-bond acceptors (Lipinski definition) is 1. The van der Waals surface area contributed by atoms with Crippen LogP contribution in [-0.2, 0) is 0 Å². The number of benzene rings is 2. The van der Waals surface area contributed by atoms with Crippen LogP contribution in [0, 0.1) is 0 Å². The summed E-state index contributed by atoms with van der Waals surface area (Å²) in [5.74, 6) is 0. The molecule has 2 nitrogen and oxygen atoms in total. The Kier molecular flexibility index (Phi) is 2.05. The highest BCUT2D eigenvalue weighted by atomic mass is 16.3. The fourth-order valence-electron chi connectivity index (χ4n) is 2.98. The molecule has 0 amide bonds. The van der Waals surface area contributed by atoms with E-state index in [1.807, 2.05) is 12.1 Å². The molecule has 0 aliphatic carbocycles. The Hall–Kier alpha value is -2.22.